The van der Waals surface area contributed by atoms with Crippen molar-refractivity contribution in [3.63, 3.8) is 0 Å². The number of halogens is 2. The van der Waals surface area contributed by atoms with Gasteiger partial charge in [-0.3, -0.25) is 4.79 Å². The van der Waals surface area contributed by atoms with Crippen LogP contribution < -0.4 is 0 Å². The van der Waals surface area contributed by atoms with Crippen molar-refractivity contribution in [2.45, 2.75) is 20.1 Å². The Morgan fingerprint density at radius 1 is 1.35 bits per heavy atom. The predicted molar refractivity (Wildman–Crippen MR) is 62.8 cm³/mol. The number of benzene rings is 1. The van der Waals surface area contributed by atoms with Crippen LogP contribution in [-0.4, -0.2) is 25.3 Å². The number of ketones is 1. The third-order valence-electron chi connectivity index (χ3n) is 2.04. The zero-order valence-corrected chi connectivity index (χ0v) is 10.5. The van der Waals surface area contributed by atoms with Gasteiger partial charge in [0, 0.05) is 18.8 Å². The van der Waals surface area contributed by atoms with Crippen LogP contribution in [0.4, 0.5) is 4.39 Å². The molecule has 0 radical (unpaired) electrons. The maximum Gasteiger partial charge on any atom is 0.222 e. The zero-order valence-electron chi connectivity index (χ0n) is 9.70. The van der Waals surface area contributed by atoms with E-state index in [0.29, 0.717) is 13.2 Å². The first-order valence-corrected chi connectivity index (χ1v) is 5.70. The van der Waals surface area contributed by atoms with Gasteiger partial charge in [-0.2, -0.15) is 0 Å². The molecule has 0 aliphatic rings. The molecule has 0 saturated heterocycles. The van der Waals surface area contributed by atoms with Gasteiger partial charge in [0.15, 0.2) is 0 Å². The molecule has 0 saturated carbocycles. The summed E-state index contributed by atoms with van der Waals surface area (Å²) in [6, 6.07) is 3.60. The van der Waals surface area contributed by atoms with Crippen LogP contribution in [0, 0.1) is 5.82 Å². The number of hydrogen-bond acceptors (Lipinski definition) is 3. The SMILES string of the molecule is CCOC(OCC)C(=O)c1cc(F)ccc1Cl. The Bertz CT molecular complexity index is 389. The van der Waals surface area contributed by atoms with Crippen molar-refractivity contribution in [1.82, 2.24) is 0 Å². The largest absolute Gasteiger partial charge is 0.346 e. The lowest BCUT2D eigenvalue weighted by atomic mass is 10.1. The highest BCUT2D eigenvalue weighted by Gasteiger charge is 2.23. The number of carbonyl (C=O) groups is 1. The van der Waals surface area contributed by atoms with E-state index < -0.39 is 17.9 Å². The summed E-state index contributed by atoms with van der Waals surface area (Å²) in [5.74, 6) is -0.998. The van der Waals surface area contributed by atoms with Gasteiger partial charge in [0.25, 0.3) is 0 Å². The summed E-state index contributed by atoms with van der Waals surface area (Å²) in [6.07, 6.45) is -1.04. The van der Waals surface area contributed by atoms with E-state index in [4.69, 9.17) is 21.1 Å². The van der Waals surface area contributed by atoms with Gasteiger partial charge < -0.3 is 9.47 Å². The maximum atomic E-state index is 13.1. The average Bonchev–Trinajstić information content (AvgIpc) is 2.31. The van der Waals surface area contributed by atoms with Crippen molar-refractivity contribution < 1.29 is 18.7 Å². The minimum Gasteiger partial charge on any atom is -0.346 e. The topological polar surface area (TPSA) is 35.5 Å². The summed E-state index contributed by atoms with van der Waals surface area (Å²) in [7, 11) is 0. The summed E-state index contributed by atoms with van der Waals surface area (Å²) in [5, 5.41) is 0.181. The van der Waals surface area contributed by atoms with Crippen molar-refractivity contribution in [2.75, 3.05) is 13.2 Å². The van der Waals surface area contributed by atoms with E-state index in [2.05, 4.69) is 0 Å². The third kappa shape index (κ3) is 3.77. The standard InChI is InChI=1S/C12H14ClFO3/c1-3-16-12(17-4-2)11(15)9-7-8(14)5-6-10(9)13/h5-7,12H,3-4H2,1-2H3. The molecule has 5 heteroatoms. The highest BCUT2D eigenvalue weighted by Crippen LogP contribution is 2.20. The van der Waals surface area contributed by atoms with Crippen molar-refractivity contribution in [3.05, 3.63) is 34.6 Å². The van der Waals surface area contributed by atoms with Gasteiger partial charge in [-0.25, -0.2) is 4.39 Å². The lowest BCUT2D eigenvalue weighted by molar-refractivity contribution is -0.107. The van der Waals surface area contributed by atoms with Gasteiger partial charge in [0.1, 0.15) is 5.82 Å². The summed E-state index contributed by atoms with van der Waals surface area (Å²) in [4.78, 5) is 12.0. The normalized spacial score (nSPS) is 10.9. The predicted octanol–water partition coefficient (Wildman–Crippen LogP) is 3.06. The first kappa shape index (κ1) is 14.1. The molecule has 0 aromatic heterocycles. The molecule has 0 N–H and O–H groups in total. The van der Waals surface area contributed by atoms with Gasteiger partial charge >= 0.3 is 0 Å². The molecular weight excluding hydrogens is 247 g/mol. The molecule has 0 amide bonds. The molecule has 3 nitrogen and oxygen atoms in total. The number of carbonyl (C=O) groups excluding carboxylic acids is 1. The Kier molecular flexibility index (Phi) is 5.55. The summed E-state index contributed by atoms with van der Waals surface area (Å²) in [6.45, 7) is 4.13. The smallest absolute Gasteiger partial charge is 0.222 e. The van der Waals surface area contributed by atoms with Crippen LogP contribution >= 0.6 is 11.6 Å². The van der Waals surface area contributed by atoms with Crippen LogP contribution in [-0.2, 0) is 9.47 Å². The Balaban J connectivity index is 2.95. The van der Waals surface area contributed by atoms with Crippen LogP contribution in [0.25, 0.3) is 0 Å². The van der Waals surface area contributed by atoms with Crippen molar-refractivity contribution in [3.8, 4) is 0 Å². The van der Waals surface area contributed by atoms with Gasteiger partial charge in [-0.05, 0) is 32.0 Å². The van der Waals surface area contributed by atoms with E-state index in [0.717, 1.165) is 6.07 Å². The molecule has 0 fully saturated rings. The fourth-order valence-electron chi connectivity index (χ4n) is 1.32. The number of hydrogen-bond donors (Lipinski definition) is 0. The highest BCUT2D eigenvalue weighted by atomic mass is 35.5. The lowest BCUT2D eigenvalue weighted by Crippen LogP contribution is -2.28. The van der Waals surface area contributed by atoms with Crippen LogP contribution in [0.15, 0.2) is 18.2 Å². The summed E-state index contributed by atoms with van der Waals surface area (Å²) < 4.78 is 23.3. The first-order chi connectivity index (χ1) is 8.10. The second-order valence-corrected chi connectivity index (χ2v) is 3.64. The molecule has 1 aromatic carbocycles. The second-order valence-electron chi connectivity index (χ2n) is 3.23. The minimum absolute atomic E-state index is 0.0681. The molecule has 0 heterocycles. The van der Waals surface area contributed by atoms with Gasteiger partial charge in [0.2, 0.25) is 12.1 Å². The van der Waals surface area contributed by atoms with Crippen LogP contribution in [0.3, 0.4) is 0 Å². The molecular formula is C12H14ClFO3. The molecule has 0 atom stereocenters. The molecule has 0 aliphatic heterocycles. The van der Waals surface area contributed by atoms with E-state index in [9.17, 15) is 9.18 Å². The van der Waals surface area contributed by atoms with Crippen LogP contribution in [0.1, 0.15) is 24.2 Å². The monoisotopic (exact) mass is 260 g/mol. The fourth-order valence-corrected chi connectivity index (χ4v) is 1.53. The van der Waals surface area contributed by atoms with Crippen molar-refractivity contribution >= 4 is 17.4 Å². The molecule has 1 rings (SSSR count). The molecule has 17 heavy (non-hydrogen) atoms. The van der Waals surface area contributed by atoms with Crippen molar-refractivity contribution in [1.29, 1.82) is 0 Å². The summed E-state index contributed by atoms with van der Waals surface area (Å²) in [5.41, 5.74) is 0.0681. The van der Waals surface area contributed by atoms with Gasteiger partial charge in [0.05, 0.1) is 5.02 Å². The van der Waals surface area contributed by atoms with Crippen molar-refractivity contribution in [2.24, 2.45) is 0 Å². The van der Waals surface area contributed by atoms with Crippen LogP contribution in [0.2, 0.25) is 5.02 Å². The Morgan fingerprint density at radius 2 is 1.94 bits per heavy atom. The van der Waals surface area contributed by atoms with Crippen LogP contribution in [0.5, 0.6) is 0 Å². The van der Waals surface area contributed by atoms with E-state index in [1.807, 2.05) is 0 Å². The number of Topliss-reactive ketones (excluding diaryl/α,β-unsaturated/α-hetero) is 1. The molecule has 0 spiro atoms. The van der Waals surface area contributed by atoms with Gasteiger partial charge in [-0.1, -0.05) is 11.6 Å². The Labute approximate surface area is 104 Å². The molecule has 0 aliphatic carbocycles. The van der Waals surface area contributed by atoms with E-state index in [-0.39, 0.29) is 10.6 Å². The van der Waals surface area contributed by atoms with E-state index >= 15 is 0 Å². The number of rotatable bonds is 6. The molecule has 0 unspecified atom stereocenters. The van der Waals surface area contributed by atoms with Gasteiger partial charge in [-0.15, -0.1) is 0 Å². The highest BCUT2D eigenvalue weighted by molar-refractivity contribution is 6.34. The van der Waals surface area contributed by atoms with E-state index in [1.165, 1.54) is 12.1 Å². The number of ether oxygens (including phenoxy) is 2. The zero-order chi connectivity index (χ0) is 12.8. The summed E-state index contributed by atoms with van der Waals surface area (Å²) >= 11 is 5.84. The van der Waals surface area contributed by atoms with E-state index in [1.54, 1.807) is 13.8 Å². The average molecular weight is 261 g/mol. The Hall–Kier alpha value is -0.970. The quantitative estimate of drug-likeness (QED) is 0.582. The molecule has 94 valence electrons. The first-order valence-electron chi connectivity index (χ1n) is 5.32. The lowest BCUT2D eigenvalue weighted by Gasteiger charge is -2.16. The third-order valence-corrected chi connectivity index (χ3v) is 2.37. The second kappa shape index (κ2) is 6.69. The Morgan fingerprint density at radius 3 is 2.47 bits per heavy atom. The fraction of sp³-hybridized carbons (Fsp3) is 0.417. The molecule has 1 aromatic rings. The minimum atomic E-state index is -1.04. The maximum absolute atomic E-state index is 13.1. The molecule has 0 bridgehead atoms.